The van der Waals surface area contributed by atoms with Gasteiger partial charge in [-0.15, -0.1) is 0 Å². The molecule has 0 radical (unpaired) electrons. The highest BCUT2D eigenvalue weighted by Crippen LogP contribution is 2.19. The quantitative estimate of drug-likeness (QED) is 0.429. The molecule has 0 aliphatic rings. The smallest absolute Gasteiger partial charge is 0.267 e. The molecule has 6 nitrogen and oxygen atoms in total. The minimum atomic E-state index is -0.800. The number of fused-ring (bicyclic) bond motifs is 1. The first kappa shape index (κ1) is 17.5. The molecule has 0 bridgehead atoms. The van der Waals surface area contributed by atoms with E-state index < -0.39 is 11.7 Å². The van der Waals surface area contributed by atoms with Gasteiger partial charge in [0.15, 0.2) is 0 Å². The van der Waals surface area contributed by atoms with Gasteiger partial charge in [-0.25, -0.2) is 14.9 Å². The summed E-state index contributed by atoms with van der Waals surface area (Å²) < 4.78 is 15.8. The zero-order valence-corrected chi connectivity index (χ0v) is 13.9. The number of carbonyl (C=O) groups is 1. The molecular formula is C19H16FN3O3. The summed E-state index contributed by atoms with van der Waals surface area (Å²) >= 11 is 0. The molecule has 0 saturated carbocycles. The van der Waals surface area contributed by atoms with Crippen LogP contribution in [0.4, 0.5) is 4.39 Å². The fraction of sp³-hybridized carbons (Fsp3) is 0.105. The van der Waals surface area contributed by atoms with Crippen molar-refractivity contribution in [3.8, 4) is 5.69 Å². The third-order valence-corrected chi connectivity index (χ3v) is 3.91. The predicted octanol–water partition coefficient (Wildman–Crippen LogP) is 2.61. The minimum absolute atomic E-state index is 0.0452. The number of hydrogen-bond donors (Lipinski definition) is 2. The van der Waals surface area contributed by atoms with Crippen molar-refractivity contribution in [3.63, 3.8) is 0 Å². The summed E-state index contributed by atoms with van der Waals surface area (Å²) in [7, 11) is 0. The van der Waals surface area contributed by atoms with Crippen molar-refractivity contribution in [3.05, 3.63) is 76.1 Å². The third kappa shape index (κ3) is 3.25. The summed E-state index contributed by atoms with van der Waals surface area (Å²) in [5.74, 6) is -0.896. The number of halogens is 1. The maximum atomic E-state index is 14.3. The maximum Gasteiger partial charge on any atom is 0.267 e. The van der Waals surface area contributed by atoms with E-state index in [1.807, 2.05) is 25.1 Å². The van der Waals surface area contributed by atoms with E-state index in [2.05, 4.69) is 4.98 Å². The first-order valence-corrected chi connectivity index (χ1v) is 7.98. The van der Waals surface area contributed by atoms with Crippen molar-refractivity contribution in [1.29, 1.82) is 0 Å². The molecule has 0 aliphatic heterocycles. The zero-order chi connectivity index (χ0) is 18.7. The SMILES string of the molecule is CCc1nc2cc(F)c(/C=C/C(=O)NO)cc2c(=O)n1-c1ccccc1. The van der Waals surface area contributed by atoms with Crippen molar-refractivity contribution < 1.29 is 14.4 Å². The van der Waals surface area contributed by atoms with Crippen LogP contribution in [0.1, 0.15) is 18.3 Å². The minimum Gasteiger partial charge on any atom is -0.288 e. The zero-order valence-electron chi connectivity index (χ0n) is 13.9. The van der Waals surface area contributed by atoms with Crippen LogP contribution in [0.3, 0.4) is 0 Å². The third-order valence-electron chi connectivity index (χ3n) is 3.91. The number of carbonyl (C=O) groups excluding carboxylic acids is 1. The molecule has 0 spiro atoms. The van der Waals surface area contributed by atoms with Crippen LogP contribution in [0.25, 0.3) is 22.7 Å². The summed E-state index contributed by atoms with van der Waals surface area (Å²) in [4.78, 5) is 28.5. The molecule has 0 aliphatic carbocycles. The molecule has 3 aromatic rings. The lowest BCUT2D eigenvalue weighted by Crippen LogP contribution is -2.23. The van der Waals surface area contributed by atoms with E-state index in [4.69, 9.17) is 5.21 Å². The number of rotatable bonds is 4. The van der Waals surface area contributed by atoms with Gasteiger partial charge in [-0.1, -0.05) is 25.1 Å². The molecule has 0 atom stereocenters. The average Bonchev–Trinajstić information content (AvgIpc) is 2.66. The molecule has 3 rings (SSSR count). The summed E-state index contributed by atoms with van der Waals surface area (Å²) in [6.45, 7) is 1.87. The van der Waals surface area contributed by atoms with Crippen molar-refractivity contribution in [2.45, 2.75) is 13.3 Å². The van der Waals surface area contributed by atoms with Crippen LogP contribution in [0.5, 0.6) is 0 Å². The first-order chi connectivity index (χ1) is 12.5. The predicted molar refractivity (Wildman–Crippen MR) is 95.6 cm³/mol. The molecule has 132 valence electrons. The van der Waals surface area contributed by atoms with Gasteiger partial charge in [-0.3, -0.25) is 19.4 Å². The van der Waals surface area contributed by atoms with Gasteiger partial charge in [-0.05, 0) is 24.3 Å². The number of aryl methyl sites for hydroxylation is 1. The van der Waals surface area contributed by atoms with Crippen LogP contribution < -0.4 is 11.0 Å². The Labute approximate surface area is 148 Å². The van der Waals surface area contributed by atoms with E-state index >= 15 is 0 Å². The number of hydroxylamine groups is 1. The lowest BCUT2D eigenvalue weighted by molar-refractivity contribution is -0.124. The Bertz CT molecular complexity index is 1060. The van der Waals surface area contributed by atoms with Gasteiger partial charge >= 0.3 is 0 Å². The van der Waals surface area contributed by atoms with Crippen molar-refractivity contribution in [2.75, 3.05) is 0 Å². The van der Waals surface area contributed by atoms with Gasteiger partial charge in [0, 0.05) is 24.1 Å². The highest BCUT2D eigenvalue weighted by Gasteiger charge is 2.14. The molecule has 2 aromatic carbocycles. The molecule has 0 fully saturated rings. The molecule has 1 aromatic heterocycles. The summed E-state index contributed by atoms with van der Waals surface area (Å²) in [6, 6.07) is 11.6. The molecule has 0 saturated heterocycles. The number of aromatic nitrogens is 2. The lowest BCUT2D eigenvalue weighted by Gasteiger charge is -2.13. The fourth-order valence-electron chi connectivity index (χ4n) is 2.68. The van der Waals surface area contributed by atoms with E-state index in [0.717, 1.165) is 6.08 Å². The Kier molecular flexibility index (Phi) is 4.90. The molecule has 7 heteroatoms. The molecule has 0 unspecified atom stereocenters. The Balaban J connectivity index is 2.26. The van der Waals surface area contributed by atoms with E-state index in [0.29, 0.717) is 17.9 Å². The van der Waals surface area contributed by atoms with E-state index in [-0.39, 0.29) is 22.0 Å². The van der Waals surface area contributed by atoms with Crippen LogP contribution in [0.15, 0.2) is 53.3 Å². The number of amides is 1. The highest BCUT2D eigenvalue weighted by atomic mass is 19.1. The molecule has 1 heterocycles. The molecule has 1 amide bonds. The number of hydrogen-bond acceptors (Lipinski definition) is 4. The second-order valence-corrected chi connectivity index (χ2v) is 5.56. The monoisotopic (exact) mass is 353 g/mol. The Morgan fingerprint density at radius 2 is 2.04 bits per heavy atom. The summed E-state index contributed by atoms with van der Waals surface area (Å²) in [6.07, 6.45) is 2.65. The van der Waals surface area contributed by atoms with Crippen LogP contribution in [-0.2, 0) is 11.2 Å². The van der Waals surface area contributed by atoms with Crippen molar-refractivity contribution >= 4 is 22.9 Å². The second-order valence-electron chi connectivity index (χ2n) is 5.56. The van der Waals surface area contributed by atoms with Gasteiger partial charge in [0.25, 0.3) is 11.5 Å². The Morgan fingerprint density at radius 3 is 2.69 bits per heavy atom. The number of nitrogens with zero attached hydrogens (tertiary/aromatic N) is 2. The van der Waals surface area contributed by atoms with Crippen LogP contribution in [0, 0.1) is 5.82 Å². The second kappa shape index (κ2) is 7.28. The van der Waals surface area contributed by atoms with Gasteiger partial charge in [0.2, 0.25) is 0 Å². The molecular weight excluding hydrogens is 337 g/mol. The normalized spacial score (nSPS) is 11.2. The topological polar surface area (TPSA) is 84.2 Å². The number of benzene rings is 2. The van der Waals surface area contributed by atoms with E-state index in [1.54, 1.807) is 12.1 Å². The van der Waals surface area contributed by atoms with Crippen LogP contribution in [0.2, 0.25) is 0 Å². The number of nitrogens with one attached hydrogen (secondary N) is 1. The van der Waals surface area contributed by atoms with Gasteiger partial charge in [-0.2, -0.15) is 0 Å². The van der Waals surface area contributed by atoms with Crippen LogP contribution in [-0.4, -0.2) is 20.7 Å². The van der Waals surface area contributed by atoms with Gasteiger partial charge < -0.3 is 0 Å². The largest absolute Gasteiger partial charge is 0.288 e. The Morgan fingerprint density at radius 1 is 1.31 bits per heavy atom. The highest BCUT2D eigenvalue weighted by molar-refractivity contribution is 5.91. The van der Waals surface area contributed by atoms with Gasteiger partial charge in [0.05, 0.1) is 16.6 Å². The van der Waals surface area contributed by atoms with Crippen molar-refractivity contribution in [1.82, 2.24) is 15.0 Å². The van der Waals surface area contributed by atoms with E-state index in [1.165, 1.54) is 28.3 Å². The maximum absolute atomic E-state index is 14.3. The summed E-state index contributed by atoms with van der Waals surface area (Å²) in [5, 5.41) is 8.74. The first-order valence-electron chi connectivity index (χ1n) is 7.98. The average molecular weight is 353 g/mol. The molecule has 26 heavy (non-hydrogen) atoms. The van der Waals surface area contributed by atoms with Crippen LogP contribution >= 0.6 is 0 Å². The Hall–Kier alpha value is -3.32. The molecule has 2 N–H and O–H groups in total. The van der Waals surface area contributed by atoms with Crippen molar-refractivity contribution in [2.24, 2.45) is 0 Å². The van der Waals surface area contributed by atoms with Gasteiger partial charge in [0.1, 0.15) is 11.6 Å². The standard InChI is InChI=1S/C19H16FN3O3/c1-2-17-21-16-11-15(20)12(8-9-18(24)22-26)10-14(16)19(25)23(17)13-6-4-3-5-7-13/h3-11,26H,2H2,1H3,(H,22,24)/b9-8+. The fourth-order valence-corrected chi connectivity index (χ4v) is 2.68. The van der Waals surface area contributed by atoms with E-state index in [9.17, 15) is 14.0 Å². The summed E-state index contributed by atoms with van der Waals surface area (Å²) in [5.41, 5.74) is 2.07. The number of para-hydroxylation sites is 1. The lowest BCUT2D eigenvalue weighted by atomic mass is 10.1.